The number of piperidine rings is 1. The molecule has 0 unspecified atom stereocenters. The van der Waals surface area contributed by atoms with Crippen molar-refractivity contribution in [1.29, 1.82) is 0 Å². The van der Waals surface area contributed by atoms with Crippen LogP contribution in [-0.2, 0) is 24.7 Å². The fourth-order valence-electron chi connectivity index (χ4n) is 4.07. The summed E-state index contributed by atoms with van der Waals surface area (Å²) in [6.45, 7) is 1.94. The van der Waals surface area contributed by atoms with Gasteiger partial charge in [0.2, 0.25) is 11.9 Å². The molecular weight excluding hydrogens is 354 g/mol. The van der Waals surface area contributed by atoms with E-state index in [1.807, 2.05) is 12.1 Å². The van der Waals surface area contributed by atoms with E-state index in [-0.39, 0.29) is 24.5 Å². The van der Waals surface area contributed by atoms with Gasteiger partial charge in [-0.25, -0.2) is 4.68 Å². The van der Waals surface area contributed by atoms with Crippen molar-refractivity contribution in [2.75, 3.05) is 18.4 Å². The summed E-state index contributed by atoms with van der Waals surface area (Å²) >= 11 is 0. The van der Waals surface area contributed by atoms with Crippen LogP contribution >= 0.6 is 0 Å². The van der Waals surface area contributed by atoms with Gasteiger partial charge in [-0.05, 0) is 62.4 Å². The van der Waals surface area contributed by atoms with Crippen LogP contribution in [0.4, 0.5) is 5.95 Å². The summed E-state index contributed by atoms with van der Waals surface area (Å²) in [5, 5.41) is 10.6. The number of nitrogens with one attached hydrogen (secondary N) is 2. The second-order valence-electron chi connectivity index (χ2n) is 7.75. The number of hydrogen-bond donors (Lipinski definition) is 2. The molecule has 148 valence electrons. The van der Waals surface area contributed by atoms with Gasteiger partial charge in [0.15, 0.2) is 11.6 Å². The highest BCUT2D eigenvalue weighted by atomic mass is 16.2. The molecule has 1 fully saturated rings. The van der Waals surface area contributed by atoms with Crippen LogP contribution in [0.2, 0.25) is 0 Å². The number of amides is 1. The van der Waals surface area contributed by atoms with Gasteiger partial charge < -0.3 is 5.32 Å². The van der Waals surface area contributed by atoms with Gasteiger partial charge in [-0.3, -0.25) is 14.9 Å². The van der Waals surface area contributed by atoms with Crippen LogP contribution in [0.15, 0.2) is 18.2 Å². The number of aromatic nitrogens is 3. The Kier molecular flexibility index (Phi) is 5.52. The van der Waals surface area contributed by atoms with Crippen LogP contribution in [-0.4, -0.2) is 39.5 Å². The van der Waals surface area contributed by atoms with Crippen molar-refractivity contribution in [3.05, 3.63) is 40.7 Å². The van der Waals surface area contributed by atoms with E-state index in [2.05, 4.69) is 26.8 Å². The summed E-state index contributed by atoms with van der Waals surface area (Å²) in [6, 6.07) is 5.94. The Morgan fingerprint density at radius 1 is 1.18 bits per heavy atom. The van der Waals surface area contributed by atoms with E-state index >= 15 is 0 Å². The molecule has 2 aromatic rings. The number of rotatable bonds is 6. The quantitative estimate of drug-likeness (QED) is 0.750. The lowest BCUT2D eigenvalue weighted by atomic mass is 9.98. The molecular formula is C21H27N5O2. The number of nitrogens with zero attached hydrogens (tertiary/aromatic N) is 3. The molecule has 28 heavy (non-hydrogen) atoms. The van der Waals surface area contributed by atoms with E-state index in [0.717, 1.165) is 51.0 Å². The number of hydrogen-bond acceptors (Lipinski definition) is 5. The zero-order valence-corrected chi connectivity index (χ0v) is 16.3. The van der Waals surface area contributed by atoms with E-state index in [4.69, 9.17) is 0 Å². The largest absolute Gasteiger partial charge is 0.317 e. The van der Waals surface area contributed by atoms with Gasteiger partial charge in [0.25, 0.3) is 0 Å². The highest BCUT2D eigenvalue weighted by molar-refractivity contribution is 5.99. The highest BCUT2D eigenvalue weighted by Crippen LogP contribution is 2.24. The normalized spacial score (nSPS) is 16.8. The lowest BCUT2D eigenvalue weighted by Gasteiger charge is -2.19. The maximum atomic E-state index is 12.5. The maximum Gasteiger partial charge on any atom is 0.227 e. The Labute approximate surface area is 164 Å². The maximum absolute atomic E-state index is 12.5. The molecule has 1 aliphatic heterocycles. The fraction of sp³-hybridized carbons (Fsp3) is 0.524. The van der Waals surface area contributed by atoms with Crippen LogP contribution in [0.3, 0.4) is 0 Å². The Bertz CT molecular complexity index is 883. The molecule has 1 aromatic heterocycles. The summed E-state index contributed by atoms with van der Waals surface area (Å²) in [4.78, 5) is 29.3. The van der Waals surface area contributed by atoms with E-state index < -0.39 is 0 Å². The van der Waals surface area contributed by atoms with Gasteiger partial charge in [-0.1, -0.05) is 12.1 Å². The first kappa shape index (κ1) is 18.8. The minimum absolute atomic E-state index is 0.0122. The fourth-order valence-corrected chi connectivity index (χ4v) is 4.07. The molecule has 0 radical (unpaired) electrons. The monoisotopic (exact) mass is 381 g/mol. The van der Waals surface area contributed by atoms with Crippen molar-refractivity contribution in [1.82, 2.24) is 20.1 Å². The third-order valence-corrected chi connectivity index (χ3v) is 5.73. The number of fused-ring (bicyclic) bond motifs is 1. The van der Waals surface area contributed by atoms with Crippen molar-refractivity contribution in [2.24, 2.45) is 7.05 Å². The molecule has 7 heteroatoms. The van der Waals surface area contributed by atoms with Gasteiger partial charge in [-0.15, -0.1) is 0 Å². The van der Waals surface area contributed by atoms with Crippen LogP contribution in [0.1, 0.15) is 65.3 Å². The Morgan fingerprint density at radius 2 is 1.96 bits per heavy atom. The Morgan fingerprint density at radius 3 is 2.79 bits per heavy atom. The van der Waals surface area contributed by atoms with Crippen LogP contribution in [0.5, 0.6) is 0 Å². The van der Waals surface area contributed by atoms with E-state index in [9.17, 15) is 9.59 Å². The average Bonchev–Trinajstić information content (AvgIpc) is 3.33. The Balaban J connectivity index is 1.32. The van der Waals surface area contributed by atoms with Crippen molar-refractivity contribution < 1.29 is 9.59 Å². The number of carbonyl (C=O) groups excluding carboxylic acids is 2. The SMILES string of the molecule is Cn1nc(C2CCNCC2)nc1NC(=O)CCC(=O)c1ccc2c(c1)CCC2. The summed E-state index contributed by atoms with van der Waals surface area (Å²) in [7, 11) is 1.78. The summed E-state index contributed by atoms with van der Waals surface area (Å²) in [6.07, 6.45) is 5.66. The van der Waals surface area contributed by atoms with Crippen LogP contribution in [0.25, 0.3) is 0 Å². The minimum atomic E-state index is -0.207. The Hall–Kier alpha value is -2.54. The number of carbonyl (C=O) groups is 2. The van der Waals surface area contributed by atoms with Crippen LogP contribution < -0.4 is 10.6 Å². The van der Waals surface area contributed by atoms with Crippen LogP contribution in [0, 0.1) is 0 Å². The smallest absolute Gasteiger partial charge is 0.227 e. The standard InChI is InChI=1S/C21H27N5O2/c1-26-21(24-20(25-26)15-9-11-22-12-10-15)23-19(28)8-7-18(27)17-6-5-14-3-2-4-16(14)13-17/h5-6,13,15,22H,2-4,7-12H2,1H3,(H,23,24,25,28). The van der Waals surface area contributed by atoms with Crippen molar-refractivity contribution in [3.8, 4) is 0 Å². The van der Waals surface area contributed by atoms with E-state index in [1.165, 1.54) is 11.1 Å². The molecule has 1 aliphatic carbocycles. The third-order valence-electron chi connectivity index (χ3n) is 5.73. The minimum Gasteiger partial charge on any atom is -0.317 e. The third kappa shape index (κ3) is 4.14. The number of aryl methyl sites for hydroxylation is 3. The zero-order valence-electron chi connectivity index (χ0n) is 16.3. The summed E-state index contributed by atoms with van der Waals surface area (Å²) < 4.78 is 1.61. The number of ketones is 1. The number of anilines is 1. The summed E-state index contributed by atoms with van der Waals surface area (Å²) in [5.41, 5.74) is 3.33. The summed E-state index contributed by atoms with van der Waals surface area (Å²) in [5.74, 6) is 1.37. The van der Waals surface area contributed by atoms with Crippen molar-refractivity contribution >= 4 is 17.6 Å². The lowest BCUT2D eigenvalue weighted by molar-refractivity contribution is -0.116. The zero-order chi connectivity index (χ0) is 19.5. The molecule has 0 atom stereocenters. The van der Waals surface area contributed by atoms with Gasteiger partial charge in [-0.2, -0.15) is 10.1 Å². The van der Waals surface area contributed by atoms with E-state index in [0.29, 0.717) is 17.4 Å². The molecule has 0 spiro atoms. The molecule has 1 aromatic carbocycles. The van der Waals surface area contributed by atoms with Crippen molar-refractivity contribution in [3.63, 3.8) is 0 Å². The topological polar surface area (TPSA) is 88.9 Å². The lowest BCUT2D eigenvalue weighted by Crippen LogP contribution is -2.27. The molecule has 7 nitrogen and oxygen atoms in total. The molecule has 0 saturated carbocycles. The first-order valence-electron chi connectivity index (χ1n) is 10.2. The first-order chi connectivity index (χ1) is 13.6. The highest BCUT2D eigenvalue weighted by Gasteiger charge is 2.21. The predicted octanol–water partition coefficient (Wildman–Crippen LogP) is 2.37. The van der Waals surface area contributed by atoms with Gasteiger partial charge in [0, 0.05) is 31.4 Å². The molecule has 4 rings (SSSR count). The predicted molar refractivity (Wildman–Crippen MR) is 107 cm³/mol. The molecule has 2 aliphatic rings. The van der Waals surface area contributed by atoms with Gasteiger partial charge in [0.05, 0.1) is 0 Å². The number of Topliss-reactive ketones (excluding diaryl/α,β-unsaturated/α-hetero) is 1. The second-order valence-corrected chi connectivity index (χ2v) is 7.75. The second kappa shape index (κ2) is 8.22. The first-order valence-corrected chi connectivity index (χ1v) is 10.2. The molecule has 0 bridgehead atoms. The average molecular weight is 381 g/mol. The van der Waals surface area contributed by atoms with E-state index in [1.54, 1.807) is 11.7 Å². The molecule has 2 N–H and O–H groups in total. The molecule has 1 saturated heterocycles. The van der Waals surface area contributed by atoms with Gasteiger partial charge >= 0.3 is 0 Å². The molecule has 1 amide bonds. The van der Waals surface area contributed by atoms with Crippen molar-refractivity contribution in [2.45, 2.75) is 50.9 Å². The van der Waals surface area contributed by atoms with Gasteiger partial charge in [0.1, 0.15) is 0 Å². The molecule has 2 heterocycles. The number of benzene rings is 1.